The van der Waals surface area contributed by atoms with Crippen LogP contribution in [-0.2, 0) is 12.8 Å². The van der Waals surface area contributed by atoms with E-state index in [4.69, 9.17) is 0 Å². The molecule has 0 bridgehead atoms. The Labute approximate surface area is 120 Å². The number of hydrogen-bond acceptors (Lipinski definition) is 3. The van der Waals surface area contributed by atoms with Crippen molar-refractivity contribution < 1.29 is 0 Å². The van der Waals surface area contributed by atoms with E-state index < -0.39 is 0 Å². The van der Waals surface area contributed by atoms with E-state index in [1.165, 1.54) is 17.5 Å². The number of hydrogen-bond donors (Lipinski definition) is 1. The van der Waals surface area contributed by atoms with Crippen molar-refractivity contribution in [3.05, 3.63) is 23.3 Å². The Kier molecular flexibility index (Phi) is 3.50. The average Bonchev–Trinajstić information content (AvgIpc) is 2.82. The largest absolute Gasteiger partial charge is 0.295 e. The maximum Gasteiger partial charge on any atom is 0.113 e. The first-order valence-corrected chi connectivity index (χ1v) is 7.66. The van der Waals surface area contributed by atoms with Crippen molar-refractivity contribution in [1.29, 1.82) is 0 Å². The second-order valence-electron chi connectivity index (χ2n) is 6.46. The molecule has 3 rings (SSSR count). The zero-order valence-electron chi connectivity index (χ0n) is 12.8. The Hall–Kier alpha value is -1.42. The van der Waals surface area contributed by atoms with Crippen LogP contribution in [0.15, 0.2) is 12.1 Å². The molecule has 20 heavy (non-hydrogen) atoms. The van der Waals surface area contributed by atoms with Gasteiger partial charge in [0.25, 0.3) is 0 Å². The van der Waals surface area contributed by atoms with Gasteiger partial charge in [-0.1, -0.05) is 0 Å². The van der Waals surface area contributed by atoms with Gasteiger partial charge in [-0.05, 0) is 70.2 Å². The molecule has 1 heterocycles. The van der Waals surface area contributed by atoms with Gasteiger partial charge in [0.1, 0.15) is 11.0 Å². The van der Waals surface area contributed by atoms with Gasteiger partial charge in [-0.3, -0.25) is 4.90 Å². The summed E-state index contributed by atoms with van der Waals surface area (Å²) in [5.74, 6) is 0. The van der Waals surface area contributed by atoms with Gasteiger partial charge >= 0.3 is 0 Å². The van der Waals surface area contributed by atoms with Crippen molar-refractivity contribution in [2.45, 2.75) is 65.1 Å². The molecule has 1 aliphatic carbocycles. The van der Waals surface area contributed by atoms with Crippen molar-refractivity contribution >= 4 is 11.0 Å². The molecule has 4 nitrogen and oxygen atoms in total. The van der Waals surface area contributed by atoms with Gasteiger partial charge in [0.15, 0.2) is 0 Å². The molecule has 1 aromatic heterocycles. The topological polar surface area (TPSA) is 44.8 Å². The fourth-order valence-electron chi connectivity index (χ4n) is 3.77. The molecular weight excluding hydrogens is 248 g/mol. The Bertz CT molecular complexity index is 592. The highest BCUT2D eigenvalue weighted by molar-refractivity contribution is 5.75. The number of aromatic amines is 1. The number of aryl methyl sites for hydroxylation is 1. The Balaban J connectivity index is 1.90. The molecule has 1 aliphatic rings. The zero-order valence-corrected chi connectivity index (χ0v) is 12.8. The van der Waals surface area contributed by atoms with Crippen LogP contribution in [0.4, 0.5) is 0 Å². The highest BCUT2D eigenvalue weighted by Crippen LogP contribution is 2.29. The van der Waals surface area contributed by atoms with Gasteiger partial charge in [-0.25, -0.2) is 0 Å². The molecule has 108 valence electrons. The number of rotatable bonds is 3. The van der Waals surface area contributed by atoms with E-state index in [1.807, 2.05) is 0 Å². The lowest BCUT2D eigenvalue weighted by Gasteiger charge is -2.40. The number of nitrogens with one attached hydrogen (secondary N) is 1. The molecule has 1 aromatic carbocycles. The number of nitrogens with zero attached hydrogens (tertiary/aromatic N) is 3. The quantitative estimate of drug-likeness (QED) is 0.934. The molecule has 1 atom stereocenters. The van der Waals surface area contributed by atoms with Crippen LogP contribution in [0.1, 0.15) is 45.2 Å². The molecule has 0 fully saturated rings. The molecule has 1 unspecified atom stereocenters. The van der Waals surface area contributed by atoms with E-state index in [0.717, 1.165) is 23.9 Å². The van der Waals surface area contributed by atoms with Crippen LogP contribution in [-0.4, -0.2) is 38.4 Å². The maximum absolute atomic E-state index is 4.22. The monoisotopic (exact) mass is 272 g/mol. The number of benzene rings is 1. The third-order valence-corrected chi connectivity index (χ3v) is 4.45. The highest BCUT2D eigenvalue weighted by Gasteiger charge is 2.28. The minimum absolute atomic E-state index is 0.595. The second-order valence-corrected chi connectivity index (χ2v) is 6.46. The molecule has 2 aromatic rings. The van der Waals surface area contributed by atoms with Gasteiger partial charge < -0.3 is 0 Å². The lowest BCUT2D eigenvalue weighted by Crippen LogP contribution is -2.47. The molecule has 1 N–H and O–H groups in total. The van der Waals surface area contributed by atoms with E-state index >= 15 is 0 Å². The van der Waals surface area contributed by atoms with Crippen LogP contribution in [0, 0.1) is 0 Å². The first kappa shape index (κ1) is 13.6. The Morgan fingerprint density at radius 3 is 2.25 bits per heavy atom. The SMILES string of the molecule is CC(C)N(C(C)C)C1CCc2cc3n[nH]nc3cc2C1. The predicted molar refractivity (Wildman–Crippen MR) is 81.8 cm³/mol. The number of aromatic nitrogens is 3. The molecule has 0 amide bonds. The fourth-order valence-corrected chi connectivity index (χ4v) is 3.77. The normalized spacial score (nSPS) is 19.2. The van der Waals surface area contributed by atoms with Crippen molar-refractivity contribution in [2.24, 2.45) is 0 Å². The molecule has 0 radical (unpaired) electrons. The number of fused-ring (bicyclic) bond motifs is 2. The maximum atomic E-state index is 4.22. The van der Waals surface area contributed by atoms with Gasteiger partial charge in [0, 0.05) is 18.1 Å². The first-order chi connectivity index (χ1) is 9.56. The summed E-state index contributed by atoms with van der Waals surface area (Å²) < 4.78 is 0. The molecule has 0 saturated heterocycles. The summed E-state index contributed by atoms with van der Waals surface area (Å²) in [5.41, 5.74) is 4.89. The van der Waals surface area contributed by atoms with Crippen molar-refractivity contribution in [3.63, 3.8) is 0 Å². The first-order valence-electron chi connectivity index (χ1n) is 7.66. The van der Waals surface area contributed by atoms with Crippen LogP contribution in [0.2, 0.25) is 0 Å². The molecule has 0 aliphatic heterocycles. The van der Waals surface area contributed by atoms with Gasteiger partial charge in [-0.2, -0.15) is 15.4 Å². The average molecular weight is 272 g/mol. The van der Waals surface area contributed by atoms with Crippen molar-refractivity contribution in [1.82, 2.24) is 20.3 Å². The summed E-state index contributed by atoms with van der Waals surface area (Å²) in [5, 5.41) is 11.1. The van der Waals surface area contributed by atoms with E-state index in [0.29, 0.717) is 18.1 Å². The zero-order chi connectivity index (χ0) is 14.3. The summed E-state index contributed by atoms with van der Waals surface area (Å²) in [6.45, 7) is 9.21. The van der Waals surface area contributed by atoms with Crippen LogP contribution in [0.3, 0.4) is 0 Å². The predicted octanol–water partition coefficient (Wildman–Crippen LogP) is 2.93. The summed E-state index contributed by atoms with van der Waals surface area (Å²) in [6.07, 6.45) is 3.53. The third-order valence-electron chi connectivity index (χ3n) is 4.45. The van der Waals surface area contributed by atoms with Crippen molar-refractivity contribution in [3.8, 4) is 0 Å². The van der Waals surface area contributed by atoms with Gasteiger partial charge in [0.05, 0.1) is 0 Å². The summed E-state index contributed by atoms with van der Waals surface area (Å²) in [6, 6.07) is 6.26. The summed E-state index contributed by atoms with van der Waals surface area (Å²) >= 11 is 0. The molecule has 0 saturated carbocycles. The molecule has 0 spiro atoms. The molecular formula is C16H24N4. The molecule has 4 heteroatoms. The Morgan fingerprint density at radius 1 is 1.05 bits per heavy atom. The minimum atomic E-state index is 0.595. The van der Waals surface area contributed by atoms with E-state index in [2.05, 4.69) is 60.1 Å². The van der Waals surface area contributed by atoms with Crippen LogP contribution < -0.4 is 0 Å². The standard InChI is InChI=1S/C16H24N4/c1-10(2)20(11(3)4)14-6-5-12-8-15-16(18-19-17-15)9-13(12)7-14/h8-11,14H,5-7H2,1-4H3,(H,17,18,19). The second kappa shape index (κ2) is 5.17. The van der Waals surface area contributed by atoms with Crippen LogP contribution >= 0.6 is 0 Å². The fraction of sp³-hybridized carbons (Fsp3) is 0.625. The minimum Gasteiger partial charge on any atom is -0.295 e. The third kappa shape index (κ3) is 2.33. The van der Waals surface area contributed by atoms with E-state index in [9.17, 15) is 0 Å². The Morgan fingerprint density at radius 2 is 1.65 bits per heavy atom. The van der Waals surface area contributed by atoms with Crippen LogP contribution in [0.5, 0.6) is 0 Å². The lowest BCUT2D eigenvalue weighted by molar-refractivity contribution is 0.102. The number of H-pyrrole nitrogens is 1. The van der Waals surface area contributed by atoms with E-state index in [1.54, 1.807) is 0 Å². The highest BCUT2D eigenvalue weighted by atomic mass is 15.3. The smallest absolute Gasteiger partial charge is 0.113 e. The van der Waals surface area contributed by atoms with E-state index in [-0.39, 0.29) is 0 Å². The van der Waals surface area contributed by atoms with Gasteiger partial charge in [0.2, 0.25) is 0 Å². The summed E-state index contributed by atoms with van der Waals surface area (Å²) in [7, 11) is 0. The van der Waals surface area contributed by atoms with Crippen molar-refractivity contribution in [2.75, 3.05) is 0 Å². The van der Waals surface area contributed by atoms with Crippen LogP contribution in [0.25, 0.3) is 11.0 Å². The summed E-state index contributed by atoms with van der Waals surface area (Å²) in [4.78, 5) is 2.65. The van der Waals surface area contributed by atoms with Gasteiger partial charge in [-0.15, -0.1) is 0 Å². The lowest BCUT2D eigenvalue weighted by atomic mass is 9.86.